The van der Waals surface area contributed by atoms with Crippen LogP contribution < -0.4 is 0 Å². The quantitative estimate of drug-likeness (QED) is 0.638. The second kappa shape index (κ2) is 5.06. The third-order valence-electron chi connectivity index (χ3n) is 3.42. The van der Waals surface area contributed by atoms with Gasteiger partial charge in [-0.2, -0.15) is 0 Å². The number of thiophene rings is 1. The molecule has 2 aromatic rings. The topological polar surface area (TPSA) is 37.4 Å². The molecule has 3 nitrogen and oxygen atoms in total. The van der Waals surface area contributed by atoms with E-state index in [1.807, 2.05) is 17.5 Å². The van der Waals surface area contributed by atoms with Crippen LogP contribution >= 0.6 is 11.3 Å². The van der Waals surface area contributed by atoms with Crippen LogP contribution in [0.2, 0.25) is 0 Å². The molecule has 1 aliphatic heterocycles. The first-order valence-electron chi connectivity index (χ1n) is 6.34. The second-order valence-electron chi connectivity index (χ2n) is 4.61. The molecule has 0 saturated carbocycles. The summed E-state index contributed by atoms with van der Waals surface area (Å²) in [6.45, 7) is 3.78. The predicted molar refractivity (Wildman–Crippen MR) is 79.0 cm³/mol. The van der Waals surface area contributed by atoms with Gasteiger partial charge >= 0.3 is 0 Å². The van der Waals surface area contributed by atoms with Crippen LogP contribution in [-0.4, -0.2) is 22.8 Å². The smallest absolute Gasteiger partial charge is 0.262 e. The van der Waals surface area contributed by atoms with Crippen molar-refractivity contribution in [3.05, 3.63) is 70.4 Å². The Morgan fingerprint density at radius 1 is 1.10 bits per heavy atom. The van der Waals surface area contributed by atoms with Crippen molar-refractivity contribution in [1.29, 1.82) is 0 Å². The van der Waals surface area contributed by atoms with E-state index in [0.717, 1.165) is 4.88 Å². The van der Waals surface area contributed by atoms with E-state index in [9.17, 15) is 9.59 Å². The summed E-state index contributed by atoms with van der Waals surface area (Å²) in [5.41, 5.74) is 0.964. The Kier molecular flexibility index (Phi) is 3.24. The van der Waals surface area contributed by atoms with Crippen molar-refractivity contribution in [3.8, 4) is 0 Å². The molecule has 0 aliphatic carbocycles. The zero-order valence-corrected chi connectivity index (χ0v) is 11.6. The number of carbonyl (C=O) groups excluding carboxylic acids is 2. The summed E-state index contributed by atoms with van der Waals surface area (Å²) in [7, 11) is 0. The van der Waals surface area contributed by atoms with Crippen molar-refractivity contribution >= 4 is 23.2 Å². The standard InChI is InChI=1S/C16H13NO2S/c1-2-11(10-12-6-5-9-20-12)17-15(18)13-7-3-4-8-14(13)16(17)19/h2-9,11H,1,10H2/t11-/m0/s1. The monoisotopic (exact) mass is 283 g/mol. The third kappa shape index (κ3) is 1.98. The van der Waals surface area contributed by atoms with Gasteiger partial charge in [0.1, 0.15) is 0 Å². The van der Waals surface area contributed by atoms with E-state index in [1.54, 1.807) is 41.7 Å². The fraction of sp³-hybridized carbons (Fsp3) is 0.125. The van der Waals surface area contributed by atoms with Crippen LogP contribution in [0.1, 0.15) is 25.6 Å². The van der Waals surface area contributed by atoms with Crippen LogP contribution in [0.15, 0.2) is 54.4 Å². The van der Waals surface area contributed by atoms with Crippen LogP contribution in [0.3, 0.4) is 0 Å². The Bertz CT molecular complexity index is 641. The Balaban J connectivity index is 1.92. The van der Waals surface area contributed by atoms with Crippen LogP contribution in [0.5, 0.6) is 0 Å². The third-order valence-corrected chi connectivity index (χ3v) is 4.32. The van der Waals surface area contributed by atoms with E-state index in [2.05, 4.69) is 6.58 Å². The Hall–Kier alpha value is -2.20. The minimum Gasteiger partial charge on any atom is -0.269 e. The van der Waals surface area contributed by atoms with Gasteiger partial charge in [0.15, 0.2) is 0 Å². The highest BCUT2D eigenvalue weighted by Gasteiger charge is 2.38. The van der Waals surface area contributed by atoms with Crippen LogP contribution in [0.25, 0.3) is 0 Å². The van der Waals surface area contributed by atoms with E-state index >= 15 is 0 Å². The fourth-order valence-corrected chi connectivity index (χ4v) is 3.18. The lowest BCUT2D eigenvalue weighted by molar-refractivity contribution is 0.0615. The molecule has 1 aliphatic rings. The number of carbonyl (C=O) groups is 2. The zero-order valence-electron chi connectivity index (χ0n) is 10.8. The average Bonchev–Trinajstić information content (AvgIpc) is 3.06. The first-order chi connectivity index (χ1) is 9.72. The maximum absolute atomic E-state index is 12.4. The number of imide groups is 1. The number of hydrogen-bond acceptors (Lipinski definition) is 3. The molecule has 0 spiro atoms. The van der Waals surface area contributed by atoms with Crippen molar-refractivity contribution in [2.75, 3.05) is 0 Å². The van der Waals surface area contributed by atoms with Gasteiger partial charge in [0.05, 0.1) is 17.2 Å². The highest BCUT2D eigenvalue weighted by atomic mass is 32.1. The zero-order chi connectivity index (χ0) is 14.1. The van der Waals surface area contributed by atoms with E-state index < -0.39 is 0 Å². The summed E-state index contributed by atoms with van der Waals surface area (Å²) in [5.74, 6) is -0.459. The second-order valence-corrected chi connectivity index (χ2v) is 5.64. The summed E-state index contributed by atoms with van der Waals surface area (Å²) >= 11 is 1.61. The maximum atomic E-state index is 12.4. The molecule has 3 rings (SSSR count). The Labute approximate surface area is 121 Å². The summed E-state index contributed by atoms with van der Waals surface area (Å²) in [5, 5.41) is 1.98. The lowest BCUT2D eigenvalue weighted by atomic mass is 10.1. The van der Waals surface area contributed by atoms with Gasteiger partial charge in [-0.15, -0.1) is 17.9 Å². The first-order valence-corrected chi connectivity index (χ1v) is 7.22. The van der Waals surface area contributed by atoms with E-state index in [0.29, 0.717) is 17.5 Å². The summed E-state index contributed by atoms with van der Waals surface area (Å²) in [4.78, 5) is 27.2. The van der Waals surface area contributed by atoms with Gasteiger partial charge in [-0.1, -0.05) is 24.3 Å². The van der Waals surface area contributed by atoms with Crippen LogP contribution in [0, 0.1) is 0 Å². The normalized spacial score (nSPS) is 15.3. The maximum Gasteiger partial charge on any atom is 0.262 e. The lowest BCUT2D eigenvalue weighted by Crippen LogP contribution is -2.39. The van der Waals surface area contributed by atoms with Crippen molar-refractivity contribution in [3.63, 3.8) is 0 Å². The predicted octanol–water partition coefficient (Wildman–Crippen LogP) is 3.14. The van der Waals surface area contributed by atoms with Gasteiger partial charge in [-0.05, 0) is 23.6 Å². The fourth-order valence-electron chi connectivity index (χ4n) is 2.42. The van der Waals surface area contributed by atoms with E-state index in [4.69, 9.17) is 0 Å². The largest absolute Gasteiger partial charge is 0.269 e. The molecule has 0 N–H and O–H groups in total. The number of nitrogens with zero attached hydrogens (tertiary/aromatic N) is 1. The number of fused-ring (bicyclic) bond motifs is 1. The molecule has 4 heteroatoms. The highest BCUT2D eigenvalue weighted by molar-refractivity contribution is 7.09. The minimum atomic E-state index is -0.305. The van der Waals surface area contributed by atoms with E-state index in [1.165, 1.54) is 4.90 Å². The van der Waals surface area contributed by atoms with Gasteiger partial charge in [-0.3, -0.25) is 14.5 Å². The lowest BCUT2D eigenvalue weighted by Gasteiger charge is -2.22. The van der Waals surface area contributed by atoms with E-state index in [-0.39, 0.29) is 17.9 Å². The summed E-state index contributed by atoms with van der Waals surface area (Å²) in [6.07, 6.45) is 2.29. The molecule has 0 radical (unpaired) electrons. The molecule has 1 atom stereocenters. The number of amides is 2. The van der Waals surface area contributed by atoms with Gasteiger partial charge in [0.2, 0.25) is 0 Å². The molecule has 20 heavy (non-hydrogen) atoms. The Morgan fingerprint density at radius 2 is 1.75 bits per heavy atom. The van der Waals surface area contributed by atoms with Gasteiger partial charge in [0.25, 0.3) is 11.8 Å². The molecule has 100 valence electrons. The molecule has 0 saturated heterocycles. The molecule has 2 amide bonds. The first kappa shape index (κ1) is 12.8. The Morgan fingerprint density at radius 3 is 2.25 bits per heavy atom. The highest BCUT2D eigenvalue weighted by Crippen LogP contribution is 2.26. The van der Waals surface area contributed by atoms with Crippen LogP contribution in [0.4, 0.5) is 0 Å². The molecule has 0 fully saturated rings. The summed E-state index contributed by atoms with van der Waals surface area (Å²) in [6, 6.07) is 10.6. The molecule has 0 bridgehead atoms. The molecule has 0 unspecified atom stereocenters. The van der Waals surface area contributed by atoms with Crippen LogP contribution in [-0.2, 0) is 6.42 Å². The van der Waals surface area contributed by atoms with Crippen molar-refractivity contribution in [2.45, 2.75) is 12.5 Å². The van der Waals surface area contributed by atoms with Gasteiger partial charge in [0, 0.05) is 11.3 Å². The van der Waals surface area contributed by atoms with Crippen molar-refractivity contribution in [2.24, 2.45) is 0 Å². The number of rotatable bonds is 4. The van der Waals surface area contributed by atoms with Crippen molar-refractivity contribution < 1.29 is 9.59 Å². The van der Waals surface area contributed by atoms with Gasteiger partial charge < -0.3 is 0 Å². The SMILES string of the molecule is C=C[C@@H](Cc1cccs1)N1C(=O)c2ccccc2C1=O. The summed E-state index contributed by atoms with van der Waals surface area (Å²) < 4.78 is 0. The number of benzene rings is 1. The minimum absolute atomic E-state index is 0.230. The molecule has 1 aromatic carbocycles. The van der Waals surface area contributed by atoms with Gasteiger partial charge in [-0.25, -0.2) is 0 Å². The average molecular weight is 283 g/mol. The molecule has 1 aromatic heterocycles. The number of hydrogen-bond donors (Lipinski definition) is 0. The van der Waals surface area contributed by atoms with Crippen molar-refractivity contribution in [1.82, 2.24) is 4.90 Å². The molecular formula is C16H13NO2S. The molecular weight excluding hydrogens is 270 g/mol. The molecule has 2 heterocycles.